The van der Waals surface area contributed by atoms with Crippen molar-refractivity contribution in [2.75, 3.05) is 7.05 Å². The van der Waals surface area contributed by atoms with Crippen molar-refractivity contribution in [1.82, 2.24) is 15.2 Å². The van der Waals surface area contributed by atoms with E-state index in [0.29, 0.717) is 6.42 Å². The van der Waals surface area contributed by atoms with Crippen LogP contribution >= 0.6 is 0 Å². The van der Waals surface area contributed by atoms with Gasteiger partial charge in [0.05, 0.1) is 6.04 Å². The quantitative estimate of drug-likeness (QED) is 0.872. The minimum atomic E-state index is -0.252. The van der Waals surface area contributed by atoms with Crippen LogP contribution in [0.3, 0.4) is 0 Å². The van der Waals surface area contributed by atoms with Crippen molar-refractivity contribution in [3.63, 3.8) is 0 Å². The number of hydrogen-bond donors (Lipinski definition) is 1. The minimum Gasteiger partial charge on any atom is -0.335 e. The molecular weight excluding hydrogens is 305 g/mol. The van der Waals surface area contributed by atoms with Gasteiger partial charge in [0.2, 0.25) is 0 Å². The molecule has 0 saturated carbocycles. The molecule has 0 radical (unpaired) electrons. The number of urea groups is 1. The second-order valence-corrected chi connectivity index (χ2v) is 6.00. The predicted octanol–water partition coefficient (Wildman–Crippen LogP) is 3.94. The second kappa shape index (κ2) is 8.43. The molecule has 5 heteroatoms. The molecule has 0 fully saturated rings. The van der Waals surface area contributed by atoms with Crippen molar-refractivity contribution in [2.45, 2.75) is 38.8 Å². The number of carbonyl (C=O) groups excluding carboxylic acids is 1. The van der Waals surface area contributed by atoms with Gasteiger partial charge in [0.1, 0.15) is 5.82 Å². The zero-order valence-corrected chi connectivity index (χ0v) is 14.4. The Kier molecular flexibility index (Phi) is 6.29. The molecule has 1 heterocycles. The third kappa shape index (κ3) is 4.78. The highest BCUT2D eigenvalue weighted by Gasteiger charge is 2.21. The first-order chi connectivity index (χ1) is 11.5. The van der Waals surface area contributed by atoms with Gasteiger partial charge in [0.15, 0.2) is 0 Å². The number of benzene rings is 1. The first kappa shape index (κ1) is 17.9. The van der Waals surface area contributed by atoms with Crippen LogP contribution in [0.5, 0.6) is 0 Å². The number of nitrogens with one attached hydrogen (secondary N) is 1. The van der Waals surface area contributed by atoms with E-state index < -0.39 is 0 Å². The monoisotopic (exact) mass is 329 g/mol. The molecule has 0 unspecified atom stereocenters. The lowest BCUT2D eigenvalue weighted by Gasteiger charge is -2.29. The fourth-order valence-corrected chi connectivity index (χ4v) is 2.80. The van der Waals surface area contributed by atoms with E-state index in [0.717, 1.165) is 17.5 Å². The number of amides is 2. The van der Waals surface area contributed by atoms with E-state index in [1.165, 1.54) is 12.1 Å². The van der Waals surface area contributed by atoms with Crippen LogP contribution in [0.2, 0.25) is 0 Å². The van der Waals surface area contributed by atoms with Gasteiger partial charge in [-0.15, -0.1) is 0 Å². The van der Waals surface area contributed by atoms with Crippen molar-refractivity contribution in [1.29, 1.82) is 0 Å². The maximum atomic E-state index is 12.9. The smallest absolute Gasteiger partial charge is 0.317 e. The molecule has 4 nitrogen and oxygen atoms in total. The maximum Gasteiger partial charge on any atom is 0.317 e. The summed E-state index contributed by atoms with van der Waals surface area (Å²) in [5.74, 6) is -0.252. The van der Waals surface area contributed by atoms with E-state index in [9.17, 15) is 9.18 Å². The Morgan fingerprint density at radius 3 is 2.42 bits per heavy atom. The molecule has 2 atom stereocenters. The van der Waals surface area contributed by atoms with Gasteiger partial charge < -0.3 is 10.2 Å². The zero-order valence-electron chi connectivity index (χ0n) is 14.4. The Balaban J connectivity index is 1.95. The van der Waals surface area contributed by atoms with E-state index in [-0.39, 0.29) is 23.9 Å². The minimum absolute atomic E-state index is 0.00558. The molecule has 0 aliphatic carbocycles. The molecule has 0 bridgehead atoms. The van der Waals surface area contributed by atoms with Crippen molar-refractivity contribution in [3.05, 3.63) is 65.7 Å². The molecule has 0 spiro atoms. The Morgan fingerprint density at radius 2 is 1.83 bits per heavy atom. The van der Waals surface area contributed by atoms with Crippen molar-refractivity contribution < 1.29 is 9.18 Å². The lowest BCUT2D eigenvalue weighted by atomic mass is 10.0. The average molecular weight is 329 g/mol. The molecule has 1 aromatic carbocycles. The van der Waals surface area contributed by atoms with Gasteiger partial charge in [-0.2, -0.15) is 0 Å². The number of rotatable bonds is 6. The SMILES string of the molecule is CC[C@H](c1ccncc1)N(C)C(=O)N[C@@H](C)Cc1ccc(F)cc1. The van der Waals surface area contributed by atoms with Crippen molar-refractivity contribution in [3.8, 4) is 0 Å². The highest BCUT2D eigenvalue weighted by Crippen LogP contribution is 2.22. The molecule has 2 aromatic rings. The summed E-state index contributed by atoms with van der Waals surface area (Å²) in [6.07, 6.45) is 4.95. The lowest BCUT2D eigenvalue weighted by Crippen LogP contribution is -2.44. The standard InChI is InChI=1S/C19H24FN3O/c1-4-18(16-9-11-21-12-10-16)23(3)19(24)22-14(2)13-15-5-7-17(20)8-6-15/h5-12,14,18H,4,13H2,1-3H3,(H,22,24)/t14-,18+/m0/s1. The molecule has 0 aliphatic heterocycles. The fourth-order valence-electron chi connectivity index (χ4n) is 2.80. The van der Waals surface area contributed by atoms with Gasteiger partial charge in [0, 0.05) is 25.5 Å². The third-order valence-corrected chi connectivity index (χ3v) is 4.09. The van der Waals surface area contributed by atoms with Crippen LogP contribution in [0.4, 0.5) is 9.18 Å². The summed E-state index contributed by atoms with van der Waals surface area (Å²) in [6.45, 7) is 4.00. The summed E-state index contributed by atoms with van der Waals surface area (Å²) < 4.78 is 12.9. The van der Waals surface area contributed by atoms with Crippen LogP contribution in [0, 0.1) is 5.82 Å². The maximum absolute atomic E-state index is 12.9. The highest BCUT2D eigenvalue weighted by molar-refractivity contribution is 5.74. The average Bonchev–Trinajstić information content (AvgIpc) is 2.58. The number of carbonyl (C=O) groups is 1. The summed E-state index contributed by atoms with van der Waals surface area (Å²) in [4.78, 5) is 18.3. The third-order valence-electron chi connectivity index (χ3n) is 4.09. The van der Waals surface area contributed by atoms with Crippen LogP contribution in [0.1, 0.15) is 37.4 Å². The van der Waals surface area contributed by atoms with Gasteiger partial charge in [-0.1, -0.05) is 19.1 Å². The molecule has 0 saturated heterocycles. The fraction of sp³-hybridized carbons (Fsp3) is 0.368. The van der Waals surface area contributed by atoms with E-state index in [1.54, 1.807) is 36.5 Å². The Morgan fingerprint density at radius 1 is 1.21 bits per heavy atom. The summed E-state index contributed by atoms with van der Waals surface area (Å²) in [6, 6.07) is 10.1. The van der Waals surface area contributed by atoms with Crippen molar-refractivity contribution >= 4 is 6.03 Å². The number of aromatic nitrogens is 1. The van der Waals surface area contributed by atoms with Gasteiger partial charge in [0.25, 0.3) is 0 Å². The Labute approximate surface area is 142 Å². The summed E-state index contributed by atoms with van der Waals surface area (Å²) >= 11 is 0. The van der Waals surface area contributed by atoms with Crippen LogP contribution in [0.15, 0.2) is 48.8 Å². The summed E-state index contributed by atoms with van der Waals surface area (Å²) in [5.41, 5.74) is 2.06. The number of pyridine rings is 1. The first-order valence-electron chi connectivity index (χ1n) is 8.19. The molecule has 1 aromatic heterocycles. The van der Waals surface area contributed by atoms with Crippen LogP contribution in [-0.4, -0.2) is 29.0 Å². The van der Waals surface area contributed by atoms with E-state index in [2.05, 4.69) is 17.2 Å². The number of hydrogen-bond acceptors (Lipinski definition) is 2. The largest absolute Gasteiger partial charge is 0.335 e. The van der Waals surface area contributed by atoms with E-state index >= 15 is 0 Å². The molecule has 2 rings (SSSR count). The van der Waals surface area contributed by atoms with E-state index in [1.807, 2.05) is 19.1 Å². The second-order valence-electron chi connectivity index (χ2n) is 6.00. The molecule has 24 heavy (non-hydrogen) atoms. The highest BCUT2D eigenvalue weighted by atomic mass is 19.1. The lowest BCUT2D eigenvalue weighted by molar-refractivity contribution is 0.185. The zero-order chi connectivity index (χ0) is 17.5. The molecule has 0 aliphatic rings. The summed E-state index contributed by atoms with van der Waals surface area (Å²) in [7, 11) is 1.80. The summed E-state index contributed by atoms with van der Waals surface area (Å²) in [5, 5.41) is 3.00. The number of nitrogens with zero attached hydrogens (tertiary/aromatic N) is 2. The Bertz CT molecular complexity index is 645. The van der Waals surface area contributed by atoms with Gasteiger partial charge in [-0.3, -0.25) is 4.98 Å². The normalized spacial score (nSPS) is 13.2. The van der Waals surface area contributed by atoms with E-state index in [4.69, 9.17) is 0 Å². The molecule has 1 N–H and O–H groups in total. The molecule has 128 valence electrons. The first-order valence-corrected chi connectivity index (χ1v) is 8.19. The van der Waals surface area contributed by atoms with Crippen LogP contribution in [0.25, 0.3) is 0 Å². The predicted molar refractivity (Wildman–Crippen MR) is 93.1 cm³/mol. The number of halogens is 1. The van der Waals surface area contributed by atoms with Crippen molar-refractivity contribution in [2.24, 2.45) is 0 Å². The molecule has 2 amide bonds. The van der Waals surface area contributed by atoms with Gasteiger partial charge >= 0.3 is 6.03 Å². The van der Waals surface area contributed by atoms with Gasteiger partial charge in [-0.05, 0) is 55.2 Å². The molecular formula is C19H24FN3O. The van der Waals surface area contributed by atoms with Crippen LogP contribution < -0.4 is 5.32 Å². The Hall–Kier alpha value is -2.43. The topological polar surface area (TPSA) is 45.2 Å². The van der Waals surface area contributed by atoms with Crippen LogP contribution in [-0.2, 0) is 6.42 Å². The van der Waals surface area contributed by atoms with Gasteiger partial charge in [-0.25, -0.2) is 9.18 Å².